The van der Waals surface area contributed by atoms with Crippen LogP contribution in [0.5, 0.6) is 0 Å². The average Bonchev–Trinajstić information content (AvgIpc) is 2.53. The minimum atomic E-state index is 0.399. The first kappa shape index (κ1) is 9.03. The molecule has 2 unspecified atom stereocenters. The molecular weight excluding hydrogens is 180 g/mol. The third-order valence-electron chi connectivity index (χ3n) is 2.16. The van der Waals surface area contributed by atoms with E-state index in [0.717, 1.165) is 12.2 Å². The summed E-state index contributed by atoms with van der Waals surface area (Å²) in [6.45, 7) is 5.39. The maximum Gasteiger partial charge on any atom is 0.0965 e. The number of pyridine rings is 1. The average molecular weight is 194 g/mol. The molecule has 1 saturated heterocycles. The number of aryl methyl sites for hydroxylation is 1. The number of thioether (sulfide) groups is 1. The Kier molecular flexibility index (Phi) is 2.56. The van der Waals surface area contributed by atoms with Crippen LogP contribution >= 0.6 is 11.8 Å². The summed E-state index contributed by atoms with van der Waals surface area (Å²) < 4.78 is 0. The molecule has 0 aromatic carbocycles. The van der Waals surface area contributed by atoms with E-state index < -0.39 is 0 Å². The molecule has 0 radical (unpaired) electrons. The van der Waals surface area contributed by atoms with Crippen LogP contribution in [0.4, 0.5) is 0 Å². The predicted octanol–water partition coefficient (Wildman–Crippen LogP) is 2.11. The predicted molar refractivity (Wildman–Crippen MR) is 56.8 cm³/mol. The summed E-state index contributed by atoms with van der Waals surface area (Å²) in [4.78, 5) is 4.41. The lowest BCUT2D eigenvalue weighted by Crippen LogP contribution is -2.14. The van der Waals surface area contributed by atoms with Gasteiger partial charge in [-0.25, -0.2) is 0 Å². The van der Waals surface area contributed by atoms with Crippen LogP contribution in [0.15, 0.2) is 18.3 Å². The molecule has 2 nitrogen and oxygen atoms in total. The van der Waals surface area contributed by atoms with Crippen LogP contribution in [0.1, 0.15) is 23.6 Å². The molecule has 0 aliphatic carbocycles. The lowest BCUT2D eigenvalue weighted by Gasteiger charge is -2.08. The van der Waals surface area contributed by atoms with Crippen LogP contribution in [0.25, 0.3) is 0 Å². The summed E-state index contributed by atoms with van der Waals surface area (Å²) in [5.74, 6) is 0. The van der Waals surface area contributed by atoms with Crippen molar-refractivity contribution in [3.05, 3.63) is 29.6 Å². The minimum Gasteiger partial charge on any atom is -0.299 e. The normalized spacial score (nSPS) is 27.8. The second kappa shape index (κ2) is 3.68. The van der Waals surface area contributed by atoms with Crippen molar-refractivity contribution in [2.45, 2.75) is 24.5 Å². The largest absolute Gasteiger partial charge is 0.299 e. The van der Waals surface area contributed by atoms with E-state index in [1.54, 1.807) is 0 Å². The van der Waals surface area contributed by atoms with Gasteiger partial charge in [0.15, 0.2) is 0 Å². The quantitative estimate of drug-likeness (QED) is 0.741. The Morgan fingerprint density at radius 2 is 2.38 bits per heavy atom. The van der Waals surface area contributed by atoms with Gasteiger partial charge in [-0.15, -0.1) is 11.8 Å². The van der Waals surface area contributed by atoms with Crippen LogP contribution in [-0.4, -0.2) is 16.8 Å². The third-order valence-corrected chi connectivity index (χ3v) is 3.47. The lowest BCUT2D eigenvalue weighted by atomic mass is 10.3. The SMILES string of the molecule is Cc1ccc(C2NCC(C)S2)nc1. The van der Waals surface area contributed by atoms with Crippen molar-refractivity contribution in [2.24, 2.45) is 0 Å². The Labute approximate surface area is 83.1 Å². The number of nitrogens with zero attached hydrogens (tertiary/aromatic N) is 1. The molecule has 0 amide bonds. The Bertz CT molecular complexity index is 283. The Morgan fingerprint density at radius 1 is 1.54 bits per heavy atom. The van der Waals surface area contributed by atoms with E-state index in [9.17, 15) is 0 Å². The molecule has 2 heterocycles. The lowest BCUT2D eigenvalue weighted by molar-refractivity contribution is 0.703. The van der Waals surface area contributed by atoms with Crippen LogP contribution in [0.2, 0.25) is 0 Å². The van der Waals surface area contributed by atoms with Crippen molar-refractivity contribution in [1.29, 1.82) is 0 Å². The molecule has 13 heavy (non-hydrogen) atoms. The molecule has 1 aliphatic rings. The van der Waals surface area contributed by atoms with Crippen LogP contribution in [-0.2, 0) is 0 Å². The molecule has 0 saturated carbocycles. The summed E-state index contributed by atoms with van der Waals surface area (Å²) in [6, 6.07) is 4.23. The molecule has 70 valence electrons. The maximum atomic E-state index is 4.41. The van der Waals surface area contributed by atoms with Gasteiger partial charge in [-0.1, -0.05) is 13.0 Å². The zero-order chi connectivity index (χ0) is 9.26. The van der Waals surface area contributed by atoms with Crippen LogP contribution in [0, 0.1) is 6.92 Å². The topological polar surface area (TPSA) is 24.9 Å². The monoisotopic (exact) mass is 194 g/mol. The second-order valence-corrected chi connectivity index (χ2v) is 5.04. The first-order valence-corrected chi connectivity index (χ1v) is 5.51. The Morgan fingerprint density at radius 3 is 2.92 bits per heavy atom. The number of aromatic nitrogens is 1. The number of hydrogen-bond acceptors (Lipinski definition) is 3. The van der Waals surface area contributed by atoms with Crippen LogP contribution < -0.4 is 5.32 Å². The fourth-order valence-electron chi connectivity index (χ4n) is 1.41. The van der Waals surface area contributed by atoms with E-state index in [-0.39, 0.29) is 0 Å². The van der Waals surface area contributed by atoms with Gasteiger partial charge >= 0.3 is 0 Å². The van der Waals surface area contributed by atoms with Gasteiger partial charge in [0.2, 0.25) is 0 Å². The smallest absolute Gasteiger partial charge is 0.0965 e. The van der Waals surface area contributed by atoms with Gasteiger partial charge in [0.25, 0.3) is 0 Å². The fraction of sp³-hybridized carbons (Fsp3) is 0.500. The van der Waals surface area contributed by atoms with Gasteiger partial charge in [-0.05, 0) is 18.6 Å². The molecule has 2 rings (SSSR count). The molecule has 0 spiro atoms. The van der Waals surface area contributed by atoms with E-state index in [1.807, 2.05) is 18.0 Å². The number of nitrogens with one attached hydrogen (secondary N) is 1. The highest BCUT2D eigenvalue weighted by molar-refractivity contribution is 8.00. The number of hydrogen-bond donors (Lipinski definition) is 1. The summed E-state index contributed by atoms with van der Waals surface area (Å²) in [5, 5.41) is 4.54. The van der Waals surface area contributed by atoms with Gasteiger partial charge in [-0.2, -0.15) is 0 Å². The molecule has 1 N–H and O–H groups in total. The zero-order valence-electron chi connectivity index (χ0n) is 7.95. The Balaban J connectivity index is 2.13. The standard InChI is InChI=1S/C10H14N2S/c1-7-3-4-9(11-5-7)10-12-6-8(2)13-10/h3-5,8,10,12H,6H2,1-2H3. The summed E-state index contributed by atoms with van der Waals surface area (Å²) in [7, 11) is 0. The van der Waals surface area contributed by atoms with Gasteiger partial charge < -0.3 is 0 Å². The highest BCUT2D eigenvalue weighted by Gasteiger charge is 2.23. The van der Waals surface area contributed by atoms with Gasteiger partial charge in [-0.3, -0.25) is 10.3 Å². The minimum absolute atomic E-state index is 0.399. The summed E-state index contributed by atoms with van der Waals surface area (Å²) >= 11 is 1.95. The van der Waals surface area contributed by atoms with Crippen LogP contribution in [0.3, 0.4) is 0 Å². The van der Waals surface area contributed by atoms with E-state index >= 15 is 0 Å². The summed E-state index contributed by atoms with van der Waals surface area (Å²) in [6.07, 6.45) is 1.93. The van der Waals surface area contributed by atoms with Crippen molar-refractivity contribution < 1.29 is 0 Å². The first-order valence-electron chi connectivity index (χ1n) is 4.57. The van der Waals surface area contributed by atoms with E-state index in [2.05, 4.69) is 36.3 Å². The van der Waals surface area contributed by atoms with Crippen molar-refractivity contribution in [1.82, 2.24) is 10.3 Å². The Hall–Kier alpha value is -0.540. The van der Waals surface area contributed by atoms with E-state index in [0.29, 0.717) is 10.6 Å². The molecular formula is C10H14N2S. The van der Waals surface area contributed by atoms with E-state index in [1.165, 1.54) is 5.56 Å². The molecule has 1 aromatic heterocycles. The molecule has 1 aromatic rings. The third kappa shape index (κ3) is 2.03. The highest BCUT2D eigenvalue weighted by Crippen LogP contribution is 2.33. The maximum absolute atomic E-state index is 4.41. The molecule has 0 bridgehead atoms. The van der Waals surface area contributed by atoms with Gasteiger partial charge in [0, 0.05) is 18.0 Å². The first-order chi connectivity index (χ1) is 6.25. The van der Waals surface area contributed by atoms with Crippen molar-refractivity contribution in [3.8, 4) is 0 Å². The number of rotatable bonds is 1. The highest BCUT2D eigenvalue weighted by atomic mass is 32.2. The van der Waals surface area contributed by atoms with Gasteiger partial charge in [0.05, 0.1) is 11.1 Å². The van der Waals surface area contributed by atoms with Crippen molar-refractivity contribution in [3.63, 3.8) is 0 Å². The molecule has 2 atom stereocenters. The fourth-order valence-corrected chi connectivity index (χ4v) is 2.54. The van der Waals surface area contributed by atoms with Crippen molar-refractivity contribution >= 4 is 11.8 Å². The van der Waals surface area contributed by atoms with Crippen molar-refractivity contribution in [2.75, 3.05) is 6.54 Å². The second-order valence-electron chi connectivity index (χ2n) is 3.50. The van der Waals surface area contributed by atoms with E-state index in [4.69, 9.17) is 0 Å². The molecule has 1 aliphatic heterocycles. The molecule has 3 heteroatoms. The summed E-state index contributed by atoms with van der Waals surface area (Å²) in [5.41, 5.74) is 2.37. The zero-order valence-corrected chi connectivity index (χ0v) is 8.77. The van der Waals surface area contributed by atoms with Gasteiger partial charge in [0.1, 0.15) is 0 Å². The molecule has 1 fully saturated rings.